The van der Waals surface area contributed by atoms with Crippen molar-refractivity contribution in [3.05, 3.63) is 29.8 Å². The summed E-state index contributed by atoms with van der Waals surface area (Å²) in [4.78, 5) is 12.9. The van der Waals surface area contributed by atoms with Crippen molar-refractivity contribution in [2.75, 3.05) is 19.0 Å². The summed E-state index contributed by atoms with van der Waals surface area (Å²) in [5.41, 5.74) is 1.78. The van der Waals surface area contributed by atoms with Gasteiger partial charge in [-0.05, 0) is 31.5 Å². The molecule has 0 aliphatic heterocycles. The molecule has 2 heteroatoms. The first-order valence-corrected chi connectivity index (χ1v) is 4.71. The quantitative estimate of drug-likeness (QED) is 0.683. The third-order valence-electron chi connectivity index (χ3n) is 2.40. The second-order valence-corrected chi connectivity index (χ2v) is 4.28. The van der Waals surface area contributed by atoms with Gasteiger partial charge in [0.2, 0.25) is 0 Å². The van der Waals surface area contributed by atoms with Crippen LogP contribution in [0.3, 0.4) is 0 Å². The van der Waals surface area contributed by atoms with E-state index in [1.165, 1.54) is 0 Å². The summed E-state index contributed by atoms with van der Waals surface area (Å²) in [5, 5.41) is 0. The molecule has 0 bridgehead atoms. The fourth-order valence-electron chi connectivity index (χ4n) is 1.25. The van der Waals surface area contributed by atoms with Crippen LogP contribution in [0.4, 0.5) is 5.69 Å². The van der Waals surface area contributed by atoms with Crippen molar-refractivity contribution < 1.29 is 4.79 Å². The van der Waals surface area contributed by atoms with E-state index in [-0.39, 0.29) is 0 Å². The first kappa shape index (κ1) is 10.8. The van der Waals surface area contributed by atoms with Crippen LogP contribution < -0.4 is 4.90 Å². The van der Waals surface area contributed by atoms with Gasteiger partial charge >= 0.3 is 0 Å². The Hall–Kier alpha value is -1.31. The van der Waals surface area contributed by atoms with Crippen molar-refractivity contribution in [2.45, 2.75) is 19.3 Å². The summed E-state index contributed by atoms with van der Waals surface area (Å²) in [6, 6.07) is 8.05. The average molecular weight is 191 g/mol. The standard InChI is InChI=1S/C12H17NO/c1-12(2,9-14)10-6-5-7-11(8-10)13(3)4/h5-9H,1-4H3. The normalized spacial score (nSPS) is 11.1. The third-order valence-corrected chi connectivity index (χ3v) is 2.40. The molecule has 0 saturated heterocycles. The molecule has 14 heavy (non-hydrogen) atoms. The summed E-state index contributed by atoms with van der Waals surface area (Å²) in [6.07, 6.45) is 0.988. The van der Waals surface area contributed by atoms with Gasteiger partial charge in [-0.15, -0.1) is 0 Å². The highest BCUT2D eigenvalue weighted by Gasteiger charge is 2.19. The van der Waals surface area contributed by atoms with Crippen LogP contribution in [0.2, 0.25) is 0 Å². The summed E-state index contributed by atoms with van der Waals surface area (Å²) < 4.78 is 0. The van der Waals surface area contributed by atoms with Gasteiger partial charge in [-0.3, -0.25) is 0 Å². The van der Waals surface area contributed by atoms with Crippen molar-refractivity contribution in [3.63, 3.8) is 0 Å². The van der Waals surface area contributed by atoms with Crippen LogP contribution in [0.25, 0.3) is 0 Å². The topological polar surface area (TPSA) is 20.3 Å². The van der Waals surface area contributed by atoms with Gasteiger partial charge in [0.25, 0.3) is 0 Å². The maximum atomic E-state index is 10.9. The van der Waals surface area contributed by atoms with Crippen LogP contribution in [-0.4, -0.2) is 20.4 Å². The van der Waals surface area contributed by atoms with Gasteiger partial charge < -0.3 is 9.69 Å². The Kier molecular flexibility index (Phi) is 2.94. The number of nitrogens with zero attached hydrogens (tertiary/aromatic N) is 1. The van der Waals surface area contributed by atoms with E-state index in [0.717, 1.165) is 17.5 Å². The highest BCUT2D eigenvalue weighted by molar-refractivity contribution is 5.68. The van der Waals surface area contributed by atoms with E-state index >= 15 is 0 Å². The number of rotatable bonds is 3. The minimum atomic E-state index is -0.397. The summed E-state index contributed by atoms with van der Waals surface area (Å²) in [6.45, 7) is 3.85. The van der Waals surface area contributed by atoms with Gasteiger partial charge in [0, 0.05) is 25.2 Å². The molecule has 0 spiro atoms. The van der Waals surface area contributed by atoms with Gasteiger partial charge in [0.1, 0.15) is 6.29 Å². The number of hydrogen-bond donors (Lipinski definition) is 0. The highest BCUT2D eigenvalue weighted by atomic mass is 16.1. The Bertz CT molecular complexity index is 329. The molecule has 0 N–H and O–H groups in total. The predicted octanol–water partition coefficient (Wildman–Crippen LogP) is 2.23. The molecular formula is C12H17NO. The Morgan fingerprint density at radius 1 is 1.29 bits per heavy atom. The predicted molar refractivity (Wildman–Crippen MR) is 59.9 cm³/mol. The van der Waals surface area contributed by atoms with E-state index in [1.807, 2.05) is 51.0 Å². The number of benzene rings is 1. The van der Waals surface area contributed by atoms with Crippen LogP contribution in [-0.2, 0) is 10.2 Å². The lowest BCUT2D eigenvalue weighted by atomic mass is 9.86. The van der Waals surface area contributed by atoms with E-state index in [0.29, 0.717) is 0 Å². The first-order chi connectivity index (χ1) is 6.47. The van der Waals surface area contributed by atoms with E-state index in [2.05, 4.69) is 6.07 Å². The Labute approximate surface area is 85.5 Å². The van der Waals surface area contributed by atoms with Crippen molar-refractivity contribution in [2.24, 2.45) is 0 Å². The lowest BCUT2D eigenvalue weighted by Crippen LogP contribution is -2.19. The Morgan fingerprint density at radius 2 is 1.93 bits per heavy atom. The molecule has 0 aromatic heterocycles. The molecule has 0 radical (unpaired) electrons. The fourth-order valence-corrected chi connectivity index (χ4v) is 1.25. The molecular weight excluding hydrogens is 174 g/mol. The van der Waals surface area contributed by atoms with Crippen molar-refractivity contribution >= 4 is 12.0 Å². The maximum Gasteiger partial charge on any atom is 0.129 e. The highest BCUT2D eigenvalue weighted by Crippen LogP contribution is 2.24. The maximum absolute atomic E-state index is 10.9. The average Bonchev–Trinajstić information content (AvgIpc) is 2.18. The SMILES string of the molecule is CN(C)c1cccc(C(C)(C)C=O)c1. The second-order valence-electron chi connectivity index (χ2n) is 4.28. The van der Waals surface area contributed by atoms with Crippen LogP contribution in [0.1, 0.15) is 19.4 Å². The molecule has 0 unspecified atom stereocenters. The lowest BCUT2D eigenvalue weighted by Gasteiger charge is -2.20. The van der Waals surface area contributed by atoms with E-state index in [4.69, 9.17) is 0 Å². The molecule has 0 heterocycles. The largest absolute Gasteiger partial charge is 0.378 e. The molecule has 0 aliphatic carbocycles. The molecule has 0 aliphatic rings. The number of hydrogen-bond acceptors (Lipinski definition) is 2. The van der Waals surface area contributed by atoms with E-state index in [1.54, 1.807) is 0 Å². The molecule has 2 nitrogen and oxygen atoms in total. The number of carbonyl (C=O) groups is 1. The van der Waals surface area contributed by atoms with E-state index in [9.17, 15) is 4.79 Å². The zero-order chi connectivity index (χ0) is 10.8. The monoisotopic (exact) mass is 191 g/mol. The molecule has 76 valence electrons. The molecule has 0 amide bonds. The molecule has 0 fully saturated rings. The molecule has 1 aromatic carbocycles. The van der Waals surface area contributed by atoms with Crippen molar-refractivity contribution in [1.29, 1.82) is 0 Å². The minimum Gasteiger partial charge on any atom is -0.378 e. The second kappa shape index (κ2) is 3.82. The number of anilines is 1. The smallest absolute Gasteiger partial charge is 0.129 e. The zero-order valence-electron chi connectivity index (χ0n) is 9.24. The molecule has 0 saturated carbocycles. The first-order valence-electron chi connectivity index (χ1n) is 4.71. The van der Waals surface area contributed by atoms with Gasteiger partial charge in [0.15, 0.2) is 0 Å². The van der Waals surface area contributed by atoms with Gasteiger partial charge in [-0.25, -0.2) is 0 Å². The Morgan fingerprint density at radius 3 is 2.43 bits per heavy atom. The summed E-state index contributed by atoms with van der Waals surface area (Å²) in [7, 11) is 3.99. The summed E-state index contributed by atoms with van der Waals surface area (Å²) in [5.74, 6) is 0. The Balaban J connectivity index is 3.11. The molecule has 1 aromatic rings. The van der Waals surface area contributed by atoms with Crippen molar-refractivity contribution in [3.8, 4) is 0 Å². The minimum absolute atomic E-state index is 0.397. The van der Waals surface area contributed by atoms with Crippen LogP contribution >= 0.6 is 0 Å². The van der Waals surface area contributed by atoms with Crippen LogP contribution in [0, 0.1) is 0 Å². The molecule has 1 rings (SSSR count). The number of carbonyl (C=O) groups excluding carboxylic acids is 1. The summed E-state index contributed by atoms with van der Waals surface area (Å²) >= 11 is 0. The lowest BCUT2D eigenvalue weighted by molar-refractivity contribution is -0.111. The van der Waals surface area contributed by atoms with Gasteiger partial charge in [-0.2, -0.15) is 0 Å². The van der Waals surface area contributed by atoms with E-state index < -0.39 is 5.41 Å². The van der Waals surface area contributed by atoms with Crippen LogP contribution in [0.5, 0.6) is 0 Å². The van der Waals surface area contributed by atoms with Gasteiger partial charge in [-0.1, -0.05) is 12.1 Å². The third kappa shape index (κ3) is 2.13. The zero-order valence-corrected chi connectivity index (χ0v) is 9.24. The van der Waals surface area contributed by atoms with Crippen LogP contribution in [0.15, 0.2) is 24.3 Å². The molecule has 0 atom stereocenters. The fraction of sp³-hybridized carbons (Fsp3) is 0.417. The van der Waals surface area contributed by atoms with Crippen molar-refractivity contribution in [1.82, 2.24) is 0 Å². The number of aldehydes is 1. The van der Waals surface area contributed by atoms with Gasteiger partial charge in [0.05, 0.1) is 0 Å².